The second kappa shape index (κ2) is 7.22. The Bertz CT molecular complexity index is 752. The quantitative estimate of drug-likeness (QED) is 0.527. The molecule has 0 heterocycles. The topological polar surface area (TPSA) is 43.4 Å². The Balaban J connectivity index is 2.23. The van der Waals surface area contributed by atoms with Crippen LogP contribution in [0.4, 0.5) is 0 Å². The third-order valence-electron chi connectivity index (χ3n) is 4.78. The zero-order chi connectivity index (χ0) is 18.7. The van der Waals surface area contributed by atoms with E-state index in [2.05, 4.69) is 20.8 Å². The predicted molar refractivity (Wildman–Crippen MR) is 100 cm³/mol. The van der Waals surface area contributed by atoms with Crippen molar-refractivity contribution in [2.24, 2.45) is 5.41 Å². The summed E-state index contributed by atoms with van der Waals surface area (Å²) in [5.74, 6) is 0.109. The van der Waals surface area contributed by atoms with Gasteiger partial charge < -0.3 is 4.74 Å². The minimum absolute atomic E-state index is 0.108. The van der Waals surface area contributed by atoms with Crippen molar-refractivity contribution in [1.82, 2.24) is 0 Å². The lowest BCUT2D eigenvalue weighted by Gasteiger charge is -2.39. The van der Waals surface area contributed by atoms with Crippen LogP contribution in [-0.4, -0.2) is 17.2 Å². The number of hydrogen-bond acceptors (Lipinski definition) is 3. The van der Waals surface area contributed by atoms with Crippen LogP contribution in [0.2, 0.25) is 0 Å². The van der Waals surface area contributed by atoms with Crippen LogP contribution in [0.3, 0.4) is 0 Å². The molecule has 3 nitrogen and oxygen atoms in total. The van der Waals surface area contributed by atoms with Crippen LogP contribution in [0.25, 0.3) is 0 Å². The Morgan fingerprint density at radius 3 is 1.96 bits per heavy atom. The van der Waals surface area contributed by atoms with E-state index in [1.54, 1.807) is 42.5 Å². The van der Waals surface area contributed by atoms with E-state index in [0.717, 1.165) is 0 Å². The summed E-state index contributed by atoms with van der Waals surface area (Å²) in [4.78, 5) is 25.0. The minimum atomic E-state index is -0.465. The highest BCUT2D eigenvalue weighted by atomic mass is 16.5. The first kappa shape index (κ1) is 18.9. The van der Waals surface area contributed by atoms with Crippen molar-refractivity contribution in [1.29, 1.82) is 0 Å². The first-order chi connectivity index (χ1) is 11.6. The second-order valence-corrected chi connectivity index (χ2v) is 7.75. The fraction of sp³-hybridized carbons (Fsp3) is 0.364. The molecule has 25 heavy (non-hydrogen) atoms. The van der Waals surface area contributed by atoms with Crippen LogP contribution in [0, 0.1) is 5.41 Å². The highest BCUT2D eigenvalue weighted by molar-refractivity contribution is 6.14. The first-order valence-corrected chi connectivity index (χ1v) is 8.51. The zero-order valence-electron chi connectivity index (χ0n) is 15.6. The Kier molecular flexibility index (Phi) is 5.46. The normalized spacial score (nSPS) is 11.9. The summed E-state index contributed by atoms with van der Waals surface area (Å²) in [7, 11) is 0. The van der Waals surface area contributed by atoms with E-state index in [1.807, 2.05) is 26.0 Å². The molecule has 0 aromatic heterocycles. The lowest BCUT2D eigenvalue weighted by molar-refractivity contribution is 0.000238. The summed E-state index contributed by atoms with van der Waals surface area (Å²) < 4.78 is 6.17. The molecule has 0 aliphatic rings. The molecule has 2 aromatic rings. The minimum Gasteiger partial charge on any atom is -0.487 e. The standard InChI is InChI=1S/C22H26O3/c1-21(2,3)22(4,5)25-20-14-10-9-13-17(20)19(24)15-18(23)16-11-7-6-8-12-16/h6-14H,15H2,1-5H3. The van der Waals surface area contributed by atoms with Gasteiger partial charge in [0.15, 0.2) is 11.6 Å². The van der Waals surface area contributed by atoms with E-state index >= 15 is 0 Å². The first-order valence-electron chi connectivity index (χ1n) is 8.51. The highest BCUT2D eigenvalue weighted by Crippen LogP contribution is 2.35. The molecule has 0 saturated carbocycles. The van der Waals surface area contributed by atoms with Gasteiger partial charge in [0.2, 0.25) is 0 Å². The average Bonchev–Trinajstić information content (AvgIpc) is 2.54. The molecule has 0 spiro atoms. The number of ketones is 2. The third-order valence-corrected chi connectivity index (χ3v) is 4.78. The van der Waals surface area contributed by atoms with Crippen LogP contribution in [0.15, 0.2) is 54.6 Å². The van der Waals surface area contributed by atoms with Crippen molar-refractivity contribution < 1.29 is 14.3 Å². The SMILES string of the molecule is CC(C)(C)C(C)(C)Oc1ccccc1C(=O)CC(=O)c1ccccc1. The van der Waals surface area contributed by atoms with E-state index < -0.39 is 5.60 Å². The molecule has 0 aliphatic heterocycles. The van der Waals surface area contributed by atoms with Gasteiger partial charge in [-0.3, -0.25) is 9.59 Å². The smallest absolute Gasteiger partial charge is 0.174 e. The second-order valence-electron chi connectivity index (χ2n) is 7.75. The maximum absolute atomic E-state index is 12.7. The fourth-order valence-corrected chi connectivity index (χ4v) is 2.18. The molecule has 2 rings (SSSR count). The van der Waals surface area contributed by atoms with Crippen molar-refractivity contribution in [3.8, 4) is 5.75 Å². The lowest BCUT2D eigenvalue weighted by atomic mass is 9.79. The van der Waals surface area contributed by atoms with E-state index in [-0.39, 0.29) is 23.4 Å². The maximum Gasteiger partial charge on any atom is 0.174 e. The molecule has 3 heteroatoms. The fourth-order valence-electron chi connectivity index (χ4n) is 2.18. The van der Waals surface area contributed by atoms with Crippen LogP contribution in [0.5, 0.6) is 5.75 Å². The Morgan fingerprint density at radius 1 is 0.800 bits per heavy atom. The molecule has 0 atom stereocenters. The molecule has 0 fully saturated rings. The van der Waals surface area contributed by atoms with Gasteiger partial charge in [-0.2, -0.15) is 0 Å². The van der Waals surface area contributed by atoms with Gasteiger partial charge in [0, 0.05) is 11.0 Å². The third kappa shape index (κ3) is 4.56. The monoisotopic (exact) mass is 338 g/mol. The van der Waals surface area contributed by atoms with Crippen molar-refractivity contribution in [3.63, 3.8) is 0 Å². The van der Waals surface area contributed by atoms with Crippen LogP contribution in [-0.2, 0) is 0 Å². The molecule has 132 valence electrons. The molecule has 0 bridgehead atoms. The number of benzene rings is 2. The molecule has 2 aromatic carbocycles. The van der Waals surface area contributed by atoms with Crippen LogP contribution >= 0.6 is 0 Å². The van der Waals surface area contributed by atoms with Gasteiger partial charge in [-0.05, 0) is 26.0 Å². The van der Waals surface area contributed by atoms with Crippen LogP contribution < -0.4 is 4.74 Å². The Hall–Kier alpha value is -2.42. The number of para-hydroxylation sites is 1. The summed E-state index contributed by atoms with van der Waals surface area (Å²) in [6.07, 6.45) is -0.166. The summed E-state index contributed by atoms with van der Waals surface area (Å²) >= 11 is 0. The Labute approximate surface area is 150 Å². The van der Waals surface area contributed by atoms with Gasteiger partial charge in [0.25, 0.3) is 0 Å². The van der Waals surface area contributed by atoms with Crippen molar-refractivity contribution in [2.75, 3.05) is 0 Å². The van der Waals surface area contributed by atoms with Crippen molar-refractivity contribution in [3.05, 3.63) is 65.7 Å². The molecule has 0 aliphatic carbocycles. The number of Topliss-reactive ketones (excluding diaryl/α,β-unsaturated/α-hetero) is 2. The summed E-state index contributed by atoms with van der Waals surface area (Å²) in [6.45, 7) is 10.3. The largest absolute Gasteiger partial charge is 0.487 e. The number of carbonyl (C=O) groups is 2. The number of ether oxygens (including phenoxy) is 1. The van der Waals surface area contributed by atoms with Gasteiger partial charge in [-0.1, -0.05) is 63.2 Å². The van der Waals surface area contributed by atoms with Gasteiger partial charge >= 0.3 is 0 Å². The highest BCUT2D eigenvalue weighted by Gasteiger charge is 2.35. The molecule has 0 saturated heterocycles. The van der Waals surface area contributed by atoms with Gasteiger partial charge in [-0.25, -0.2) is 0 Å². The Morgan fingerprint density at radius 2 is 1.36 bits per heavy atom. The molecule has 0 amide bonds. The molecular formula is C22H26O3. The number of rotatable bonds is 6. The molecule has 0 radical (unpaired) electrons. The summed E-state index contributed by atoms with van der Waals surface area (Å²) in [5, 5.41) is 0. The van der Waals surface area contributed by atoms with E-state index in [1.165, 1.54) is 0 Å². The van der Waals surface area contributed by atoms with Crippen molar-refractivity contribution >= 4 is 11.6 Å². The van der Waals surface area contributed by atoms with E-state index in [4.69, 9.17) is 4.74 Å². The van der Waals surface area contributed by atoms with Crippen molar-refractivity contribution in [2.45, 2.75) is 46.6 Å². The molecule has 0 unspecified atom stereocenters. The molecule has 0 N–H and O–H groups in total. The lowest BCUT2D eigenvalue weighted by Crippen LogP contribution is -2.42. The van der Waals surface area contributed by atoms with E-state index in [0.29, 0.717) is 16.9 Å². The average molecular weight is 338 g/mol. The van der Waals surface area contributed by atoms with Gasteiger partial charge in [0.05, 0.1) is 12.0 Å². The van der Waals surface area contributed by atoms with Crippen LogP contribution in [0.1, 0.15) is 61.8 Å². The zero-order valence-corrected chi connectivity index (χ0v) is 15.6. The number of carbonyl (C=O) groups excluding carboxylic acids is 2. The van der Waals surface area contributed by atoms with Gasteiger partial charge in [-0.15, -0.1) is 0 Å². The summed E-state index contributed by atoms with van der Waals surface area (Å²) in [5.41, 5.74) is 0.420. The maximum atomic E-state index is 12.7. The molecular weight excluding hydrogens is 312 g/mol. The number of hydrogen-bond donors (Lipinski definition) is 0. The van der Waals surface area contributed by atoms with E-state index in [9.17, 15) is 9.59 Å². The predicted octanol–water partition coefficient (Wildman–Crippen LogP) is 5.35. The summed E-state index contributed by atoms with van der Waals surface area (Å²) in [6, 6.07) is 16.0. The van der Waals surface area contributed by atoms with Gasteiger partial charge in [0.1, 0.15) is 11.4 Å².